The third-order valence-corrected chi connectivity index (χ3v) is 1.79. The normalized spacial score (nSPS) is 30.6. The fourth-order valence-electron chi connectivity index (χ4n) is 1.25. The summed E-state index contributed by atoms with van der Waals surface area (Å²) in [5.74, 6) is -0.785. The molecule has 1 fully saturated rings. The van der Waals surface area contributed by atoms with Crippen LogP contribution in [-0.2, 0) is 9.53 Å². The molecule has 0 aliphatic carbocycles. The highest BCUT2D eigenvalue weighted by Crippen LogP contribution is 2.09. The van der Waals surface area contributed by atoms with Gasteiger partial charge in [-0.05, 0) is 6.92 Å². The molecule has 2 unspecified atom stereocenters. The Morgan fingerprint density at radius 3 is 3.00 bits per heavy atom. The Morgan fingerprint density at radius 2 is 2.55 bits per heavy atom. The topological polar surface area (TPSA) is 58.6 Å². The molecule has 4 heteroatoms. The van der Waals surface area contributed by atoms with Gasteiger partial charge in [0.15, 0.2) is 0 Å². The predicted octanol–water partition coefficient (Wildman–Crippen LogP) is -0.162. The van der Waals surface area contributed by atoms with Gasteiger partial charge in [0, 0.05) is 19.6 Å². The zero-order valence-electron chi connectivity index (χ0n) is 6.54. The fourth-order valence-corrected chi connectivity index (χ4v) is 1.25. The largest absolute Gasteiger partial charge is 0.480 e. The van der Waals surface area contributed by atoms with Crippen molar-refractivity contribution in [3.63, 3.8) is 0 Å². The monoisotopic (exact) mass is 159 g/mol. The highest BCUT2D eigenvalue weighted by atomic mass is 16.5. The van der Waals surface area contributed by atoms with Gasteiger partial charge in [-0.15, -0.1) is 0 Å². The highest BCUT2D eigenvalue weighted by molar-refractivity contribution is 5.73. The van der Waals surface area contributed by atoms with E-state index < -0.39 is 12.0 Å². The molecule has 0 amide bonds. The van der Waals surface area contributed by atoms with Crippen molar-refractivity contribution in [2.75, 3.05) is 13.2 Å². The van der Waals surface area contributed by atoms with Gasteiger partial charge in [-0.3, -0.25) is 4.79 Å². The summed E-state index contributed by atoms with van der Waals surface area (Å²) in [5.41, 5.74) is 0. The molecule has 2 atom stereocenters. The minimum Gasteiger partial charge on any atom is -0.480 e. The van der Waals surface area contributed by atoms with Gasteiger partial charge < -0.3 is 15.2 Å². The van der Waals surface area contributed by atoms with Crippen LogP contribution in [0.5, 0.6) is 0 Å². The average Bonchev–Trinajstić information content (AvgIpc) is 2.37. The van der Waals surface area contributed by atoms with Crippen LogP contribution in [0, 0.1) is 0 Å². The minimum absolute atomic E-state index is 0.0844. The van der Waals surface area contributed by atoms with Crippen LogP contribution in [0.1, 0.15) is 13.3 Å². The molecule has 1 aliphatic rings. The molecule has 1 heterocycles. The van der Waals surface area contributed by atoms with E-state index in [0.717, 1.165) is 0 Å². The molecule has 0 saturated carbocycles. The molecule has 0 aromatic carbocycles. The second kappa shape index (κ2) is 3.69. The lowest BCUT2D eigenvalue weighted by atomic mass is 10.2. The van der Waals surface area contributed by atoms with Crippen LogP contribution in [-0.4, -0.2) is 36.4 Å². The third-order valence-electron chi connectivity index (χ3n) is 1.79. The molecule has 4 nitrogen and oxygen atoms in total. The van der Waals surface area contributed by atoms with Gasteiger partial charge in [-0.2, -0.15) is 0 Å². The molecule has 1 saturated heterocycles. The molecule has 11 heavy (non-hydrogen) atoms. The predicted molar refractivity (Wildman–Crippen MR) is 39.5 cm³/mol. The van der Waals surface area contributed by atoms with E-state index in [9.17, 15) is 4.79 Å². The maximum absolute atomic E-state index is 10.4. The highest BCUT2D eigenvalue weighted by Gasteiger charge is 2.28. The number of hydrogen-bond acceptors (Lipinski definition) is 3. The number of hydrogen-bond donors (Lipinski definition) is 2. The third kappa shape index (κ3) is 2.17. The lowest BCUT2D eigenvalue weighted by Crippen LogP contribution is -2.29. The van der Waals surface area contributed by atoms with E-state index >= 15 is 0 Å². The smallest absolute Gasteiger partial charge is 0.320 e. The number of carboxylic acid groups (broad SMARTS) is 1. The first-order valence-electron chi connectivity index (χ1n) is 3.81. The zero-order chi connectivity index (χ0) is 8.27. The molecule has 0 aromatic heterocycles. The molecule has 64 valence electrons. The molecule has 0 spiro atoms. The summed E-state index contributed by atoms with van der Waals surface area (Å²) < 4.78 is 5.26. The van der Waals surface area contributed by atoms with E-state index in [1.54, 1.807) is 0 Å². The van der Waals surface area contributed by atoms with E-state index in [2.05, 4.69) is 5.32 Å². The van der Waals surface area contributed by atoms with Gasteiger partial charge in [0.25, 0.3) is 0 Å². The Kier molecular flexibility index (Phi) is 2.84. The van der Waals surface area contributed by atoms with Crippen LogP contribution in [0.25, 0.3) is 0 Å². The number of carbonyl (C=O) groups is 1. The van der Waals surface area contributed by atoms with Crippen LogP contribution in [0.4, 0.5) is 0 Å². The molecule has 2 N–H and O–H groups in total. The van der Waals surface area contributed by atoms with Crippen molar-refractivity contribution in [1.82, 2.24) is 5.32 Å². The van der Waals surface area contributed by atoms with E-state index in [0.29, 0.717) is 19.6 Å². The minimum atomic E-state index is -0.785. The summed E-state index contributed by atoms with van der Waals surface area (Å²) in [5, 5.41) is 11.4. The van der Waals surface area contributed by atoms with Crippen LogP contribution in [0.15, 0.2) is 0 Å². The standard InChI is InChI=1S/C7H13NO3/c1-2-11-5-3-6(7(9)10)8-4-5/h5-6,8H,2-4H2,1H3,(H,9,10). The van der Waals surface area contributed by atoms with E-state index in [-0.39, 0.29) is 6.10 Å². The summed E-state index contributed by atoms with van der Waals surface area (Å²) in [7, 11) is 0. The second-order valence-corrected chi connectivity index (χ2v) is 2.61. The molecule has 1 rings (SSSR count). The maximum atomic E-state index is 10.4. The van der Waals surface area contributed by atoms with E-state index in [4.69, 9.17) is 9.84 Å². The molecular weight excluding hydrogens is 146 g/mol. The van der Waals surface area contributed by atoms with Gasteiger partial charge >= 0.3 is 5.97 Å². The number of nitrogens with one attached hydrogen (secondary N) is 1. The van der Waals surface area contributed by atoms with Crippen molar-refractivity contribution in [3.05, 3.63) is 0 Å². The Bertz CT molecular complexity index is 149. The van der Waals surface area contributed by atoms with Gasteiger partial charge in [-0.1, -0.05) is 0 Å². The van der Waals surface area contributed by atoms with Gasteiger partial charge in [0.1, 0.15) is 6.04 Å². The first kappa shape index (κ1) is 8.49. The van der Waals surface area contributed by atoms with Crippen molar-refractivity contribution >= 4 is 5.97 Å². The number of aliphatic carboxylic acids is 1. The molecular formula is C7H13NO3. The summed E-state index contributed by atoms with van der Waals surface area (Å²) in [6, 6.07) is -0.411. The second-order valence-electron chi connectivity index (χ2n) is 2.61. The lowest BCUT2D eigenvalue weighted by molar-refractivity contribution is -0.139. The van der Waals surface area contributed by atoms with Gasteiger partial charge in [-0.25, -0.2) is 0 Å². The van der Waals surface area contributed by atoms with Crippen molar-refractivity contribution in [2.45, 2.75) is 25.5 Å². The Labute approximate surface area is 65.5 Å². The molecule has 0 bridgehead atoms. The number of rotatable bonds is 3. The SMILES string of the molecule is CCOC1CNC(C(=O)O)C1. The summed E-state index contributed by atoms with van der Waals surface area (Å²) in [6.45, 7) is 3.22. The van der Waals surface area contributed by atoms with Crippen molar-refractivity contribution in [1.29, 1.82) is 0 Å². The summed E-state index contributed by atoms with van der Waals surface area (Å²) in [6.07, 6.45) is 0.671. The van der Waals surface area contributed by atoms with Crippen LogP contribution >= 0.6 is 0 Å². The first-order valence-corrected chi connectivity index (χ1v) is 3.81. The number of ether oxygens (including phenoxy) is 1. The van der Waals surface area contributed by atoms with Crippen molar-refractivity contribution in [3.8, 4) is 0 Å². The zero-order valence-corrected chi connectivity index (χ0v) is 6.54. The van der Waals surface area contributed by atoms with Crippen LogP contribution in [0.2, 0.25) is 0 Å². The fraction of sp³-hybridized carbons (Fsp3) is 0.857. The quantitative estimate of drug-likeness (QED) is 0.600. The van der Waals surface area contributed by atoms with Gasteiger partial charge in [0.2, 0.25) is 0 Å². The maximum Gasteiger partial charge on any atom is 0.320 e. The van der Waals surface area contributed by atoms with Crippen molar-refractivity contribution < 1.29 is 14.6 Å². The Morgan fingerprint density at radius 1 is 1.82 bits per heavy atom. The van der Waals surface area contributed by atoms with E-state index in [1.807, 2.05) is 6.92 Å². The number of carboxylic acids is 1. The molecule has 0 aromatic rings. The average molecular weight is 159 g/mol. The van der Waals surface area contributed by atoms with Crippen LogP contribution in [0.3, 0.4) is 0 Å². The first-order chi connectivity index (χ1) is 5.24. The van der Waals surface area contributed by atoms with Crippen LogP contribution < -0.4 is 5.32 Å². The Balaban J connectivity index is 2.29. The lowest BCUT2D eigenvalue weighted by Gasteiger charge is -2.06. The van der Waals surface area contributed by atoms with Crippen molar-refractivity contribution in [2.24, 2.45) is 0 Å². The van der Waals surface area contributed by atoms with E-state index in [1.165, 1.54) is 0 Å². The van der Waals surface area contributed by atoms with Gasteiger partial charge in [0.05, 0.1) is 6.10 Å². The Hall–Kier alpha value is -0.610. The molecule has 1 aliphatic heterocycles. The summed E-state index contributed by atoms with van der Waals surface area (Å²) >= 11 is 0. The molecule has 0 radical (unpaired) electrons. The summed E-state index contributed by atoms with van der Waals surface area (Å²) in [4.78, 5) is 10.4.